The van der Waals surface area contributed by atoms with Crippen molar-refractivity contribution in [2.75, 3.05) is 6.54 Å². The zero-order valence-corrected chi connectivity index (χ0v) is 17.4. The van der Waals surface area contributed by atoms with E-state index in [0.717, 1.165) is 12.8 Å². The second-order valence-electron chi connectivity index (χ2n) is 8.27. The first-order chi connectivity index (χ1) is 13.8. The van der Waals surface area contributed by atoms with E-state index < -0.39 is 6.10 Å². The second-order valence-corrected chi connectivity index (χ2v) is 8.27. The van der Waals surface area contributed by atoms with Crippen LogP contribution < -0.4 is 10.9 Å². The van der Waals surface area contributed by atoms with Crippen molar-refractivity contribution in [1.82, 2.24) is 10.3 Å². The molecule has 0 saturated carbocycles. The maximum absolute atomic E-state index is 11.6. The fourth-order valence-corrected chi connectivity index (χ4v) is 4.67. The summed E-state index contributed by atoms with van der Waals surface area (Å²) >= 11 is 0. The summed E-state index contributed by atoms with van der Waals surface area (Å²) in [6.45, 7) is 9.22. The molecule has 0 unspecified atom stereocenters. The SMILES string of the molecule is Cc1c(C)c(C)c2c(c1C)CC(NC[C@@H](O)c1ccc(O)c3[nH]c(=O)ccc13)C2. The van der Waals surface area contributed by atoms with Crippen LogP contribution in [0, 0.1) is 27.7 Å². The van der Waals surface area contributed by atoms with Gasteiger partial charge in [-0.25, -0.2) is 0 Å². The Bertz CT molecular complexity index is 1130. The topological polar surface area (TPSA) is 85.3 Å². The van der Waals surface area contributed by atoms with E-state index in [0.29, 0.717) is 29.1 Å². The molecule has 0 bridgehead atoms. The van der Waals surface area contributed by atoms with E-state index in [1.807, 2.05) is 0 Å². The number of aliphatic hydroxyl groups excluding tert-OH is 1. The van der Waals surface area contributed by atoms with Crippen LogP contribution >= 0.6 is 0 Å². The Balaban J connectivity index is 1.53. The molecule has 4 N–H and O–H groups in total. The van der Waals surface area contributed by atoms with Gasteiger partial charge in [-0.3, -0.25) is 4.79 Å². The highest BCUT2D eigenvalue weighted by atomic mass is 16.3. The van der Waals surface area contributed by atoms with Crippen molar-refractivity contribution in [3.05, 3.63) is 73.6 Å². The number of aromatic nitrogens is 1. The fourth-order valence-electron chi connectivity index (χ4n) is 4.67. The molecule has 4 rings (SSSR count). The number of rotatable bonds is 4. The molecule has 0 spiro atoms. The number of H-pyrrole nitrogens is 1. The molecular weight excluding hydrogens is 364 g/mol. The number of benzene rings is 2. The zero-order valence-electron chi connectivity index (χ0n) is 17.4. The van der Waals surface area contributed by atoms with Crippen molar-refractivity contribution in [1.29, 1.82) is 0 Å². The molecular formula is C24H28N2O3. The Morgan fingerprint density at radius 2 is 1.62 bits per heavy atom. The molecule has 0 fully saturated rings. The third-order valence-electron chi connectivity index (χ3n) is 6.72. The number of hydrogen-bond donors (Lipinski definition) is 4. The maximum atomic E-state index is 11.6. The Morgan fingerprint density at radius 1 is 1.00 bits per heavy atom. The van der Waals surface area contributed by atoms with Crippen molar-refractivity contribution >= 4 is 10.9 Å². The third kappa shape index (κ3) is 3.34. The maximum Gasteiger partial charge on any atom is 0.248 e. The Kier molecular flexibility index (Phi) is 4.97. The van der Waals surface area contributed by atoms with E-state index >= 15 is 0 Å². The minimum Gasteiger partial charge on any atom is -0.506 e. The lowest BCUT2D eigenvalue weighted by Crippen LogP contribution is -2.33. The van der Waals surface area contributed by atoms with Crippen molar-refractivity contribution in [3.63, 3.8) is 0 Å². The number of hydrogen-bond acceptors (Lipinski definition) is 4. The summed E-state index contributed by atoms with van der Waals surface area (Å²) in [5, 5.41) is 25.0. The van der Waals surface area contributed by atoms with Crippen molar-refractivity contribution in [3.8, 4) is 5.75 Å². The fraction of sp³-hybridized carbons (Fsp3) is 0.375. The number of pyridine rings is 1. The zero-order chi connectivity index (χ0) is 20.9. The van der Waals surface area contributed by atoms with Gasteiger partial charge in [0.05, 0.1) is 11.6 Å². The van der Waals surface area contributed by atoms with Gasteiger partial charge >= 0.3 is 0 Å². The van der Waals surface area contributed by atoms with Gasteiger partial charge in [-0.1, -0.05) is 6.07 Å². The summed E-state index contributed by atoms with van der Waals surface area (Å²) in [6.07, 6.45) is 1.21. The highest BCUT2D eigenvalue weighted by molar-refractivity contribution is 5.87. The molecule has 1 aliphatic rings. The molecule has 1 atom stereocenters. The highest BCUT2D eigenvalue weighted by Crippen LogP contribution is 2.34. The number of phenols is 1. The van der Waals surface area contributed by atoms with Crippen molar-refractivity contribution < 1.29 is 10.2 Å². The van der Waals surface area contributed by atoms with Crippen LogP contribution in [0.4, 0.5) is 0 Å². The number of aromatic hydroxyl groups is 1. The molecule has 2 aromatic carbocycles. The number of nitrogens with one attached hydrogen (secondary N) is 2. The quantitative estimate of drug-likeness (QED) is 0.549. The first-order valence-corrected chi connectivity index (χ1v) is 10.1. The van der Waals surface area contributed by atoms with Crippen LogP contribution in [0.3, 0.4) is 0 Å². The average molecular weight is 392 g/mol. The van der Waals surface area contributed by atoms with E-state index in [9.17, 15) is 15.0 Å². The summed E-state index contributed by atoms with van der Waals surface area (Å²) in [5.41, 5.74) is 9.21. The molecule has 5 heteroatoms. The molecule has 0 radical (unpaired) electrons. The summed E-state index contributed by atoms with van der Waals surface area (Å²) in [7, 11) is 0. The molecule has 152 valence electrons. The van der Waals surface area contributed by atoms with Gasteiger partial charge in [0.1, 0.15) is 5.75 Å². The molecule has 3 aromatic rings. The molecule has 29 heavy (non-hydrogen) atoms. The van der Waals surface area contributed by atoms with Gasteiger partial charge in [0, 0.05) is 24.0 Å². The van der Waals surface area contributed by atoms with E-state index in [1.54, 1.807) is 12.1 Å². The smallest absolute Gasteiger partial charge is 0.248 e. The van der Waals surface area contributed by atoms with Crippen molar-refractivity contribution in [2.24, 2.45) is 0 Å². The van der Waals surface area contributed by atoms with Crippen LogP contribution in [0.15, 0.2) is 29.1 Å². The Hall–Kier alpha value is -2.63. The Morgan fingerprint density at radius 3 is 2.24 bits per heavy atom. The number of aromatic amines is 1. The molecule has 1 aliphatic carbocycles. The second kappa shape index (κ2) is 7.32. The van der Waals surface area contributed by atoms with Gasteiger partial charge in [-0.05, 0) is 91.6 Å². The van der Waals surface area contributed by atoms with Gasteiger partial charge in [0.2, 0.25) is 5.56 Å². The molecule has 0 amide bonds. The summed E-state index contributed by atoms with van der Waals surface area (Å²) in [4.78, 5) is 14.2. The predicted molar refractivity (Wildman–Crippen MR) is 116 cm³/mol. The minimum absolute atomic E-state index is 0.00421. The predicted octanol–water partition coefficient (Wildman–Crippen LogP) is 3.26. The van der Waals surface area contributed by atoms with Crippen molar-refractivity contribution in [2.45, 2.75) is 52.7 Å². The van der Waals surface area contributed by atoms with Gasteiger partial charge in [-0.15, -0.1) is 0 Å². The lowest BCUT2D eigenvalue weighted by Gasteiger charge is -2.18. The first kappa shape index (κ1) is 19.7. The first-order valence-electron chi connectivity index (χ1n) is 10.1. The monoisotopic (exact) mass is 392 g/mol. The van der Waals surface area contributed by atoms with Crippen LogP contribution in [-0.4, -0.2) is 27.8 Å². The largest absolute Gasteiger partial charge is 0.506 e. The molecule has 5 nitrogen and oxygen atoms in total. The van der Waals surface area contributed by atoms with Gasteiger partial charge in [0.25, 0.3) is 0 Å². The summed E-state index contributed by atoms with van der Waals surface area (Å²) in [6, 6.07) is 6.58. The number of phenolic OH excluding ortho intramolecular Hbond substituents is 1. The molecule has 0 saturated heterocycles. The lowest BCUT2D eigenvalue weighted by molar-refractivity contribution is 0.171. The standard InChI is InChI=1S/C24H28N2O3/c1-12-13(2)15(4)20-10-16(9-19(20)14(12)3)25-11-22(28)17-5-7-21(27)24-18(17)6-8-23(29)26-24/h5-8,16,22,25,27-28H,9-11H2,1-4H3,(H,26,29)/t22-/m1/s1. The minimum atomic E-state index is -0.738. The van der Waals surface area contributed by atoms with E-state index in [4.69, 9.17) is 0 Å². The lowest BCUT2D eigenvalue weighted by atomic mass is 9.90. The Labute approximate surface area is 170 Å². The molecule has 1 aromatic heterocycles. The summed E-state index contributed by atoms with van der Waals surface area (Å²) in [5.74, 6) is 0.00421. The van der Waals surface area contributed by atoms with Gasteiger partial charge < -0.3 is 20.5 Å². The third-order valence-corrected chi connectivity index (χ3v) is 6.72. The van der Waals surface area contributed by atoms with Gasteiger partial charge in [-0.2, -0.15) is 0 Å². The number of aliphatic hydroxyl groups is 1. The molecule has 0 aliphatic heterocycles. The van der Waals surface area contributed by atoms with Crippen LogP contribution in [0.5, 0.6) is 5.75 Å². The van der Waals surface area contributed by atoms with E-state index in [-0.39, 0.29) is 11.3 Å². The highest BCUT2D eigenvalue weighted by Gasteiger charge is 2.27. The van der Waals surface area contributed by atoms with Crippen LogP contribution in [-0.2, 0) is 12.8 Å². The van der Waals surface area contributed by atoms with E-state index in [1.165, 1.54) is 45.5 Å². The van der Waals surface area contributed by atoms with Crippen LogP contribution in [0.1, 0.15) is 45.0 Å². The summed E-state index contributed by atoms with van der Waals surface area (Å²) < 4.78 is 0. The number of fused-ring (bicyclic) bond motifs is 2. The average Bonchev–Trinajstić information content (AvgIpc) is 3.14. The van der Waals surface area contributed by atoms with E-state index in [2.05, 4.69) is 38.0 Å². The van der Waals surface area contributed by atoms with Crippen LogP contribution in [0.25, 0.3) is 10.9 Å². The van der Waals surface area contributed by atoms with Crippen LogP contribution in [0.2, 0.25) is 0 Å². The normalized spacial score (nSPS) is 15.1. The van der Waals surface area contributed by atoms with Gasteiger partial charge in [0.15, 0.2) is 0 Å². The molecule has 1 heterocycles.